The fraction of sp³-hybridized carbons (Fsp3) is 0.231. The second kappa shape index (κ2) is 4.72. The van der Waals surface area contributed by atoms with Gasteiger partial charge in [0, 0.05) is 10.1 Å². The maximum atomic E-state index is 13.3. The summed E-state index contributed by atoms with van der Waals surface area (Å²) in [5.74, 6) is 0.112. The molecule has 104 valence electrons. The van der Waals surface area contributed by atoms with Crippen molar-refractivity contribution in [3.63, 3.8) is 0 Å². The highest BCUT2D eigenvalue weighted by molar-refractivity contribution is 14.1. The zero-order valence-electron chi connectivity index (χ0n) is 11.1. The third-order valence-electron chi connectivity index (χ3n) is 3.19. The first-order valence-electron chi connectivity index (χ1n) is 6.19. The highest BCUT2D eigenvalue weighted by atomic mass is 127. The molecule has 0 unspecified atom stereocenters. The molecule has 0 bridgehead atoms. The van der Waals surface area contributed by atoms with Gasteiger partial charge in [-0.15, -0.1) is 0 Å². The van der Waals surface area contributed by atoms with E-state index in [1.807, 2.05) is 23.1 Å². The fourth-order valence-electron chi connectivity index (χ4n) is 2.31. The molecule has 0 aliphatic rings. The fourth-order valence-corrected chi connectivity index (χ4v) is 3.02. The Kier molecular flexibility index (Phi) is 3.15. The molecule has 0 atom stereocenters. The maximum Gasteiger partial charge on any atom is 0.207 e. The monoisotopic (exact) mass is 385 g/mol. The molecule has 2 N–H and O–H groups in total. The molecule has 3 aromatic rings. The van der Waals surface area contributed by atoms with Crippen molar-refractivity contribution in [2.75, 3.05) is 5.73 Å². The van der Waals surface area contributed by atoms with E-state index >= 15 is 0 Å². The number of fused-ring (bicyclic) bond motifs is 1. The van der Waals surface area contributed by atoms with Gasteiger partial charge < -0.3 is 5.73 Å². The lowest BCUT2D eigenvalue weighted by molar-refractivity contribution is 0.626. The predicted molar refractivity (Wildman–Crippen MR) is 84.4 cm³/mol. The minimum atomic E-state index is -0.270. The molecule has 2 heterocycles. The van der Waals surface area contributed by atoms with Gasteiger partial charge in [-0.05, 0) is 54.6 Å². The lowest BCUT2D eigenvalue weighted by atomic mass is 10.3. The first kappa shape index (κ1) is 13.3. The van der Waals surface area contributed by atoms with Crippen LogP contribution in [-0.4, -0.2) is 19.3 Å². The zero-order chi connectivity index (χ0) is 14.4. The van der Waals surface area contributed by atoms with Gasteiger partial charge >= 0.3 is 0 Å². The number of rotatable bonds is 2. The van der Waals surface area contributed by atoms with Crippen LogP contribution in [0.2, 0.25) is 0 Å². The van der Waals surface area contributed by atoms with E-state index in [2.05, 4.69) is 32.7 Å². The quantitative estimate of drug-likeness (QED) is 0.691. The molecule has 7 heteroatoms. The second-order valence-corrected chi connectivity index (χ2v) is 5.64. The standard InChI is InChI=1S/C13H13FIN5/c1-3-19-12-11(7(2)18-19)17-13(16)20(12)10-5-4-8(14)6-9(10)15/h4-6H,3H2,1-2H3,(H2,16,17). The number of anilines is 1. The third-order valence-corrected chi connectivity index (χ3v) is 4.05. The summed E-state index contributed by atoms with van der Waals surface area (Å²) >= 11 is 2.09. The first-order chi connectivity index (χ1) is 9.52. The zero-order valence-corrected chi connectivity index (χ0v) is 13.2. The Bertz CT molecular complexity index is 805. The second-order valence-electron chi connectivity index (χ2n) is 4.47. The number of nitrogens with zero attached hydrogens (tertiary/aromatic N) is 4. The van der Waals surface area contributed by atoms with Gasteiger partial charge in [0.1, 0.15) is 11.3 Å². The Morgan fingerprint density at radius 1 is 1.40 bits per heavy atom. The molecule has 3 rings (SSSR count). The minimum Gasteiger partial charge on any atom is -0.369 e. The van der Waals surface area contributed by atoms with Crippen molar-refractivity contribution in [3.8, 4) is 5.69 Å². The van der Waals surface area contributed by atoms with Gasteiger partial charge in [-0.1, -0.05) is 0 Å². The molecule has 0 fully saturated rings. The number of benzene rings is 1. The van der Waals surface area contributed by atoms with Crippen molar-refractivity contribution in [1.82, 2.24) is 19.3 Å². The molecule has 20 heavy (non-hydrogen) atoms. The van der Waals surface area contributed by atoms with Crippen LogP contribution in [0.5, 0.6) is 0 Å². The molecule has 1 aromatic carbocycles. The largest absolute Gasteiger partial charge is 0.369 e. The SMILES string of the molecule is CCn1nc(C)c2nc(N)n(-c3ccc(F)cc3I)c21. The number of hydrogen-bond acceptors (Lipinski definition) is 3. The number of nitrogen functional groups attached to an aromatic ring is 1. The lowest BCUT2D eigenvalue weighted by Crippen LogP contribution is -2.08. The number of imidazole rings is 1. The van der Waals surface area contributed by atoms with Crippen LogP contribution in [0.25, 0.3) is 16.9 Å². The highest BCUT2D eigenvalue weighted by Gasteiger charge is 2.19. The lowest BCUT2D eigenvalue weighted by Gasteiger charge is -2.10. The smallest absolute Gasteiger partial charge is 0.207 e. The molecule has 0 aliphatic heterocycles. The Morgan fingerprint density at radius 2 is 2.15 bits per heavy atom. The van der Waals surface area contributed by atoms with E-state index in [4.69, 9.17) is 5.73 Å². The molecular formula is C13H13FIN5. The van der Waals surface area contributed by atoms with E-state index in [-0.39, 0.29) is 5.82 Å². The van der Waals surface area contributed by atoms with Crippen molar-refractivity contribution >= 4 is 39.7 Å². The van der Waals surface area contributed by atoms with E-state index in [0.717, 1.165) is 26.1 Å². The Hall–Kier alpha value is -1.64. The molecule has 0 saturated heterocycles. The van der Waals surface area contributed by atoms with Crippen LogP contribution in [0, 0.1) is 16.3 Å². The summed E-state index contributed by atoms with van der Waals surface area (Å²) in [6.45, 7) is 4.63. The molecule has 0 radical (unpaired) electrons. The summed E-state index contributed by atoms with van der Waals surface area (Å²) < 4.78 is 17.7. The van der Waals surface area contributed by atoms with Gasteiger partial charge in [-0.25, -0.2) is 14.1 Å². The van der Waals surface area contributed by atoms with Crippen molar-refractivity contribution in [2.45, 2.75) is 20.4 Å². The van der Waals surface area contributed by atoms with Crippen LogP contribution in [-0.2, 0) is 6.54 Å². The average Bonchev–Trinajstić information content (AvgIpc) is 2.88. The van der Waals surface area contributed by atoms with Gasteiger partial charge in [0.2, 0.25) is 5.95 Å². The summed E-state index contributed by atoms with van der Waals surface area (Å²) in [6, 6.07) is 4.60. The summed E-state index contributed by atoms with van der Waals surface area (Å²) in [6.07, 6.45) is 0. The molecule has 0 amide bonds. The van der Waals surface area contributed by atoms with Crippen LogP contribution >= 0.6 is 22.6 Å². The van der Waals surface area contributed by atoms with Crippen molar-refractivity contribution in [1.29, 1.82) is 0 Å². The molecule has 5 nitrogen and oxygen atoms in total. The normalized spacial score (nSPS) is 11.4. The van der Waals surface area contributed by atoms with E-state index in [9.17, 15) is 4.39 Å². The molecular weight excluding hydrogens is 372 g/mol. The number of aromatic nitrogens is 4. The van der Waals surface area contributed by atoms with E-state index in [1.165, 1.54) is 12.1 Å². The minimum absolute atomic E-state index is 0.270. The van der Waals surface area contributed by atoms with E-state index < -0.39 is 0 Å². The summed E-state index contributed by atoms with van der Waals surface area (Å²) in [5.41, 5.74) is 9.31. The average molecular weight is 385 g/mol. The van der Waals surface area contributed by atoms with E-state index in [1.54, 1.807) is 6.07 Å². The van der Waals surface area contributed by atoms with Crippen LogP contribution in [0.1, 0.15) is 12.6 Å². The van der Waals surface area contributed by atoms with Crippen LogP contribution in [0.15, 0.2) is 18.2 Å². The number of aryl methyl sites for hydroxylation is 2. The highest BCUT2D eigenvalue weighted by Crippen LogP contribution is 2.28. The van der Waals surface area contributed by atoms with Crippen LogP contribution in [0.3, 0.4) is 0 Å². The van der Waals surface area contributed by atoms with Crippen LogP contribution in [0.4, 0.5) is 10.3 Å². The predicted octanol–water partition coefficient (Wildman–Crippen LogP) is 2.88. The van der Waals surface area contributed by atoms with Crippen LogP contribution < -0.4 is 5.73 Å². The summed E-state index contributed by atoms with van der Waals surface area (Å²) in [7, 11) is 0. The number of halogens is 2. The maximum absolute atomic E-state index is 13.3. The Labute approximate surface area is 128 Å². The van der Waals surface area contributed by atoms with Crippen molar-refractivity contribution in [3.05, 3.63) is 33.3 Å². The van der Waals surface area contributed by atoms with Gasteiger partial charge in [-0.3, -0.25) is 4.57 Å². The molecule has 2 aromatic heterocycles. The number of hydrogen-bond donors (Lipinski definition) is 1. The Balaban J connectivity index is 2.38. The summed E-state index contributed by atoms with van der Waals surface area (Å²) in [5, 5.41) is 4.44. The molecule has 0 aliphatic carbocycles. The summed E-state index contributed by atoms with van der Waals surface area (Å²) in [4.78, 5) is 4.38. The van der Waals surface area contributed by atoms with E-state index in [0.29, 0.717) is 12.5 Å². The van der Waals surface area contributed by atoms with Gasteiger partial charge in [0.25, 0.3) is 0 Å². The third kappa shape index (κ3) is 1.88. The number of nitrogens with two attached hydrogens (primary N) is 1. The molecule has 0 saturated carbocycles. The van der Waals surface area contributed by atoms with Gasteiger partial charge in [0.15, 0.2) is 5.65 Å². The first-order valence-corrected chi connectivity index (χ1v) is 7.27. The topological polar surface area (TPSA) is 61.7 Å². The van der Waals surface area contributed by atoms with Gasteiger partial charge in [-0.2, -0.15) is 5.10 Å². The van der Waals surface area contributed by atoms with Crippen molar-refractivity contribution in [2.24, 2.45) is 0 Å². The van der Waals surface area contributed by atoms with Crippen molar-refractivity contribution < 1.29 is 4.39 Å². The van der Waals surface area contributed by atoms with Gasteiger partial charge in [0.05, 0.1) is 11.4 Å². The molecule has 0 spiro atoms. The Morgan fingerprint density at radius 3 is 2.80 bits per heavy atom.